The maximum absolute atomic E-state index is 10.6. The second-order valence-corrected chi connectivity index (χ2v) is 2.72. The number of nitrogens with zero attached hydrogens (tertiary/aromatic N) is 1. The number of carbonyl (C=O) groups is 1. The summed E-state index contributed by atoms with van der Waals surface area (Å²) in [4.78, 5) is 14.7. The molecule has 1 aromatic carbocycles. The van der Waals surface area contributed by atoms with E-state index >= 15 is 0 Å². The molecular weight excluding hydrogens is 168 g/mol. The first kappa shape index (κ1) is 7.79. The molecule has 66 valence electrons. The number of aromatic nitrogens is 1. The average molecular weight is 176 g/mol. The van der Waals surface area contributed by atoms with Crippen molar-refractivity contribution < 1.29 is 9.21 Å². The summed E-state index contributed by atoms with van der Waals surface area (Å²) in [6, 6.07) is 7.33. The number of benzene rings is 1. The van der Waals surface area contributed by atoms with Crippen molar-refractivity contribution in [1.29, 1.82) is 0 Å². The van der Waals surface area contributed by atoms with Gasteiger partial charge >= 0.3 is 0 Å². The van der Waals surface area contributed by atoms with E-state index in [1.165, 1.54) is 0 Å². The molecule has 0 fully saturated rings. The van der Waals surface area contributed by atoms with E-state index in [9.17, 15) is 4.79 Å². The number of fused-ring (bicyclic) bond motifs is 1. The fraction of sp³-hybridized carbons (Fsp3) is 0.111. The number of para-hydroxylation sites is 2. The molecule has 0 bridgehead atoms. The Hall–Kier alpha value is -1.84. The molecule has 0 saturated heterocycles. The fourth-order valence-corrected chi connectivity index (χ4v) is 1.14. The highest BCUT2D eigenvalue weighted by atomic mass is 16.3. The van der Waals surface area contributed by atoms with Crippen LogP contribution in [0.25, 0.3) is 11.1 Å². The fourth-order valence-electron chi connectivity index (χ4n) is 1.14. The molecule has 0 aliphatic rings. The zero-order valence-corrected chi connectivity index (χ0v) is 6.86. The van der Waals surface area contributed by atoms with E-state index in [0.717, 1.165) is 5.52 Å². The highest BCUT2D eigenvalue weighted by Gasteiger charge is 2.06. The molecule has 2 N–H and O–H groups in total. The van der Waals surface area contributed by atoms with Gasteiger partial charge in [0.15, 0.2) is 5.58 Å². The molecule has 1 heterocycles. The zero-order chi connectivity index (χ0) is 9.26. The van der Waals surface area contributed by atoms with Crippen LogP contribution in [0.2, 0.25) is 0 Å². The molecule has 0 aliphatic carbocycles. The van der Waals surface area contributed by atoms with Crippen LogP contribution in [0.5, 0.6) is 0 Å². The van der Waals surface area contributed by atoms with Crippen molar-refractivity contribution in [3.63, 3.8) is 0 Å². The summed E-state index contributed by atoms with van der Waals surface area (Å²) < 4.78 is 5.27. The lowest BCUT2D eigenvalue weighted by molar-refractivity contribution is -0.117. The Morgan fingerprint density at radius 1 is 1.46 bits per heavy atom. The van der Waals surface area contributed by atoms with Crippen molar-refractivity contribution in [1.82, 2.24) is 4.98 Å². The van der Waals surface area contributed by atoms with Gasteiger partial charge in [0.25, 0.3) is 0 Å². The number of hydrogen-bond acceptors (Lipinski definition) is 3. The average Bonchev–Trinajstić information content (AvgIpc) is 2.44. The third-order valence-electron chi connectivity index (χ3n) is 1.66. The lowest BCUT2D eigenvalue weighted by Crippen LogP contribution is -2.13. The number of nitrogens with two attached hydrogens (primary N) is 1. The van der Waals surface area contributed by atoms with Crippen molar-refractivity contribution in [2.45, 2.75) is 6.42 Å². The normalized spacial score (nSPS) is 10.5. The van der Waals surface area contributed by atoms with Gasteiger partial charge in [-0.15, -0.1) is 0 Å². The molecule has 4 heteroatoms. The Kier molecular flexibility index (Phi) is 1.73. The van der Waals surface area contributed by atoms with Crippen molar-refractivity contribution >= 4 is 17.0 Å². The number of oxazole rings is 1. The first-order valence-corrected chi connectivity index (χ1v) is 3.88. The summed E-state index contributed by atoms with van der Waals surface area (Å²) in [7, 11) is 0. The largest absolute Gasteiger partial charge is 0.440 e. The molecule has 13 heavy (non-hydrogen) atoms. The summed E-state index contributed by atoms with van der Waals surface area (Å²) in [5.74, 6) is -0.0692. The van der Waals surface area contributed by atoms with E-state index < -0.39 is 5.91 Å². The van der Waals surface area contributed by atoms with Crippen molar-refractivity contribution in [3.05, 3.63) is 30.2 Å². The molecule has 0 radical (unpaired) electrons. The van der Waals surface area contributed by atoms with Crippen molar-refractivity contribution in [3.8, 4) is 0 Å². The van der Waals surface area contributed by atoms with Crippen LogP contribution in [-0.2, 0) is 11.2 Å². The lowest BCUT2D eigenvalue weighted by atomic mass is 10.3. The Morgan fingerprint density at radius 3 is 2.92 bits per heavy atom. The van der Waals surface area contributed by atoms with Crippen LogP contribution >= 0.6 is 0 Å². The second-order valence-electron chi connectivity index (χ2n) is 2.72. The third kappa shape index (κ3) is 1.51. The summed E-state index contributed by atoms with van der Waals surface area (Å²) >= 11 is 0. The van der Waals surface area contributed by atoms with Crippen LogP contribution in [-0.4, -0.2) is 10.9 Å². The molecule has 2 rings (SSSR count). The Labute approximate surface area is 74.4 Å². The molecule has 0 spiro atoms. The lowest BCUT2D eigenvalue weighted by Gasteiger charge is -1.85. The third-order valence-corrected chi connectivity index (χ3v) is 1.66. The Balaban J connectivity index is 2.44. The molecule has 1 amide bonds. The van der Waals surface area contributed by atoms with E-state index in [-0.39, 0.29) is 6.42 Å². The standard InChI is InChI=1S/C9H8N2O2/c10-8(12)5-9-11-6-3-1-2-4-7(6)13-9/h1-4H,5H2,(H2,10,12). The molecule has 0 unspecified atom stereocenters. The van der Waals surface area contributed by atoms with Crippen LogP contribution in [0.4, 0.5) is 0 Å². The van der Waals surface area contributed by atoms with E-state index in [1.54, 1.807) is 6.07 Å². The van der Waals surface area contributed by atoms with Gasteiger partial charge in [0.05, 0.1) is 0 Å². The Bertz CT molecular complexity index is 415. The monoisotopic (exact) mass is 176 g/mol. The quantitative estimate of drug-likeness (QED) is 0.737. The minimum atomic E-state index is -0.438. The highest BCUT2D eigenvalue weighted by Crippen LogP contribution is 2.14. The second kappa shape index (κ2) is 2.90. The van der Waals surface area contributed by atoms with Gasteiger partial charge in [0.2, 0.25) is 11.8 Å². The smallest absolute Gasteiger partial charge is 0.226 e. The summed E-state index contributed by atoms with van der Waals surface area (Å²) in [6.45, 7) is 0. The number of carbonyl (C=O) groups excluding carboxylic acids is 1. The predicted molar refractivity (Wildman–Crippen MR) is 46.9 cm³/mol. The van der Waals surface area contributed by atoms with Gasteiger partial charge in [-0.3, -0.25) is 4.79 Å². The van der Waals surface area contributed by atoms with E-state index in [2.05, 4.69) is 4.98 Å². The molecule has 0 saturated carbocycles. The van der Waals surface area contributed by atoms with Crippen LogP contribution in [0.3, 0.4) is 0 Å². The van der Waals surface area contributed by atoms with Gasteiger partial charge in [-0.05, 0) is 12.1 Å². The zero-order valence-electron chi connectivity index (χ0n) is 6.86. The van der Waals surface area contributed by atoms with Gasteiger partial charge in [0, 0.05) is 0 Å². The maximum atomic E-state index is 10.6. The van der Waals surface area contributed by atoms with Crippen LogP contribution < -0.4 is 5.73 Å². The molecule has 1 aromatic heterocycles. The van der Waals surface area contributed by atoms with Gasteiger partial charge in [-0.2, -0.15) is 0 Å². The van der Waals surface area contributed by atoms with E-state index in [1.807, 2.05) is 18.2 Å². The van der Waals surface area contributed by atoms with Crippen LogP contribution in [0.15, 0.2) is 28.7 Å². The van der Waals surface area contributed by atoms with Crippen LogP contribution in [0, 0.1) is 0 Å². The van der Waals surface area contributed by atoms with Crippen molar-refractivity contribution in [2.24, 2.45) is 5.73 Å². The van der Waals surface area contributed by atoms with Crippen LogP contribution in [0.1, 0.15) is 5.89 Å². The SMILES string of the molecule is NC(=O)Cc1nc2ccccc2o1. The first-order valence-electron chi connectivity index (χ1n) is 3.88. The van der Waals surface area contributed by atoms with E-state index in [0.29, 0.717) is 11.5 Å². The molecule has 0 aliphatic heterocycles. The summed E-state index contributed by atoms with van der Waals surface area (Å²) in [6.07, 6.45) is 0.0503. The van der Waals surface area contributed by atoms with Crippen molar-refractivity contribution in [2.75, 3.05) is 0 Å². The molecule has 0 atom stereocenters. The minimum Gasteiger partial charge on any atom is -0.440 e. The number of rotatable bonds is 2. The number of amides is 1. The van der Waals surface area contributed by atoms with Gasteiger partial charge in [0.1, 0.15) is 11.9 Å². The summed E-state index contributed by atoms with van der Waals surface area (Å²) in [5, 5.41) is 0. The van der Waals surface area contributed by atoms with Gasteiger partial charge < -0.3 is 10.2 Å². The Morgan fingerprint density at radius 2 is 2.23 bits per heavy atom. The number of hydrogen-bond donors (Lipinski definition) is 1. The minimum absolute atomic E-state index is 0.0503. The number of primary amides is 1. The van der Waals surface area contributed by atoms with E-state index in [4.69, 9.17) is 10.2 Å². The maximum Gasteiger partial charge on any atom is 0.226 e. The highest BCUT2D eigenvalue weighted by molar-refractivity contribution is 5.77. The molecular formula is C9H8N2O2. The molecule has 4 nitrogen and oxygen atoms in total. The topological polar surface area (TPSA) is 69.1 Å². The molecule has 2 aromatic rings. The predicted octanol–water partition coefficient (Wildman–Crippen LogP) is 0.856. The van der Waals surface area contributed by atoms with Gasteiger partial charge in [-0.1, -0.05) is 12.1 Å². The first-order chi connectivity index (χ1) is 6.25. The summed E-state index contributed by atoms with van der Waals surface area (Å²) in [5.41, 5.74) is 6.44. The van der Waals surface area contributed by atoms with Gasteiger partial charge in [-0.25, -0.2) is 4.98 Å².